The van der Waals surface area contributed by atoms with Gasteiger partial charge in [-0.3, -0.25) is 28.8 Å². The minimum atomic E-state index is -1.17. The van der Waals surface area contributed by atoms with Crippen molar-refractivity contribution in [1.82, 2.24) is 18.3 Å². The Balaban J connectivity index is 1.71. The van der Waals surface area contributed by atoms with Gasteiger partial charge in [0, 0.05) is 38.8 Å². The molecule has 2 aromatic carbocycles. The number of hydrogen-bond acceptors (Lipinski definition) is 11. The summed E-state index contributed by atoms with van der Waals surface area (Å²) < 4.78 is 1.96. The molecule has 0 atom stereocenters. The van der Waals surface area contributed by atoms with Gasteiger partial charge in [-0.05, 0) is 13.8 Å². The number of imidazole rings is 2. The molecule has 248 valence electrons. The largest absolute Gasteiger partial charge is 0.478 e. The van der Waals surface area contributed by atoms with Gasteiger partial charge in [0.05, 0.1) is 0 Å². The van der Waals surface area contributed by atoms with Crippen molar-refractivity contribution < 1.29 is 43.5 Å². The standard InChI is InChI=1S/C32H30N5O11/c1-17-7-11-23(12-8-17)29(42)27-25(33(19(3)38)31(44)35(27)21(5)40)15-47-37(46)48-16-26-28(30(43)24-13-9-18(2)10-14-24)36(22(6)41)32(45)34(26)20(4)39/h7-14H,15-16H2,1-6H3/q+1. The molecule has 48 heavy (non-hydrogen) atoms. The highest BCUT2D eigenvalue weighted by Gasteiger charge is 2.34. The first kappa shape index (κ1) is 34.6. The van der Waals surface area contributed by atoms with E-state index in [1.807, 2.05) is 0 Å². The quantitative estimate of drug-likeness (QED) is 0.179. The SMILES string of the molecule is CC(=O)n1c(CO[N+](=O)OCc2c(C(=O)c3ccc(C)cc3)n(C(C)=O)c(=O)n2C(C)=O)c(C(=O)c2ccc(C)cc2)n(C(C)=O)c1=O. The van der Waals surface area contributed by atoms with Crippen molar-refractivity contribution in [2.75, 3.05) is 0 Å². The molecule has 0 unspecified atom stereocenters. The number of ketones is 2. The molecular weight excluding hydrogens is 630 g/mol. The van der Waals surface area contributed by atoms with Crippen LogP contribution in [0.25, 0.3) is 0 Å². The average molecular weight is 661 g/mol. The second-order valence-electron chi connectivity index (χ2n) is 10.7. The molecule has 0 aliphatic rings. The van der Waals surface area contributed by atoms with E-state index in [-0.39, 0.29) is 11.1 Å². The number of aryl methyl sites for hydroxylation is 2. The van der Waals surface area contributed by atoms with Crippen LogP contribution in [0.4, 0.5) is 0 Å². The van der Waals surface area contributed by atoms with Gasteiger partial charge in [0.1, 0.15) is 27.7 Å². The summed E-state index contributed by atoms with van der Waals surface area (Å²) in [5, 5.41) is -0.500. The van der Waals surface area contributed by atoms with Gasteiger partial charge in [-0.2, -0.15) is 9.68 Å². The Labute approximate surface area is 271 Å². The fraction of sp³-hybridized carbons (Fsp3) is 0.250. The minimum absolute atomic E-state index is 0.0655. The molecule has 0 fully saturated rings. The highest BCUT2D eigenvalue weighted by molar-refractivity contribution is 6.11. The van der Waals surface area contributed by atoms with E-state index < -0.39 is 87.7 Å². The topological polar surface area (TPSA) is 195 Å². The van der Waals surface area contributed by atoms with Crippen LogP contribution in [0.3, 0.4) is 0 Å². The number of aromatic nitrogens is 4. The second-order valence-corrected chi connectivity index (χ2v) is 10.7. The van der Waals surface area contributed by atoms with E-state index in [1.54, 1.807) is 38.1 Å². The summed E-state index contributed by atoms with van der Waals surface area (Å²) in [6, 6.07) is 12.3. The van der Waals surface area contributed by atoms with Crippen molar-refractivity contribution in [2.24, 2.45) is 0 Å². The van der Waals surface area contributed by atoms with Crippen molar-refractivity contribution in [2.45, 2.75) is 54.8 Å². The molecule has 4 rings (SSSR count). The average Bonchev–Trinajstić information content (AvgIpc) is 3.49. The molecule has 0 spiro atoms. The van der Waals surface area contributed by atoms with Gasteiger partial charge in [0.15, 0.2) is 0 Å². The Bertz CT molecular complexity index is 1990. The van der Waals surface area contributed by atoms with Gasteiger partial charge >= 0.3 is 16.5 Å². The lowest BCUT2D eigenvalue weighted by atomic mass is 10.0. The lowest BCUT2D eigenvalue weighted by Gasteiger charge is -2.07. The predicted octanol–water partition coefficient (Wildman–Crippen LogP) is 2.67. The van der Waals surface area contributed by atoms with Crippen molar-refractivity contribution in [3.63, 3.8) is 0 Å². The van der Waals surface area contributed by atoms with Gasteiger partial charge in [-0.1, -0.05) is 59.7 Å². The number of carbonyl (C=O) groups is 6. The molecule has 0 amide bonds. The van der Waals surface area contributed by atoms with E-state index in [4.69, 9.17) is 9.68 Å². The number of rotatable bonds is 10. The van der Waals surface area contributed by atoms with Gasteiger partial charge < -0.3 is 0 Å². The normalized spacial score (nSPS) is 10.8. The number of benzene rings is 2. The van der Waals surface area contributed by atoms with Gasteiger partial charge in [0.2, 0.25) is 48.4 Å². The third kappa shape index (κ3) is 6.48. The summed E-state index contributed by atoms with van der Waals surface area (Å²) >= 11 is 0. The molecule has 0 aliphatic heterocycles. The first-order valence-electron chi connectivity index (χ1n) is 14.3. The zero-order valence-electron chi connectivity index (χ0n) is 26.8. The highest BCUT2D eigenvalue weighted by Crippen LogP contribution is 2.19. The lowest BCUT2D eigenvalue weighted by Crippen LogP contribution is -2.32. The van der Waals surface area contributed by atoms with E-state index in [1.165, 1.54) is 24.3 Å². The molecular formula is C32H30N5O11+. The molecule has 0 bridgehead atoms. The van der Waals surface area contributed by atoms with Crippen LogP contribution in [-0.2, 0) is 22.9 Å². The van der Waals surface area contributed by atoms with Crippen molar-refractivity contribution in [3.8, 4) is 0 Å². The van der Waals surface area contributed by atoms with E-state index in [9.17, 15) is 43.3 Å². The van der Waals surface area contributed by atoms with Crippen LogP contribution in [0, 0.1) is 18.8 Å². The molecule has 2 aromatic heterocycles. The summed E-state index contributed by atoms with van der Waals surface area (Å²) in [6.45, 7) is 5.65. The predicted molar refractivity (Wildman–Crippen MR) is 165 cm³/mol. The molecule has 16 nitrogen and oxygen atoms in total. The van der Waals surface area contributed by atoms with Crippen LogP contribution in [-0.4, -0.2) is 58.6 Å². The monoisotopic (exact) mass is 660 g/mol. The third-order valence-electron chi connectivity index (χ3n) is 7.23. The van der Waals surface area contributed by atoms with Crippen molar-refractivity contribution in [3.05, 3.63) is 119 Å². The highest BCUT2D eigenvalue weighted by atomic mass is 17.0. The summed E-state index contributed by atoms with van der Waals surface area (Å²) in [5.41, 5.74) is -2.53. The zero-order chi connectivity index (χ0) is 35.6. The van der Waals surface area contributed by atoms with Crippen molar-refractivity contribution in [1.29, 1.82) is 0 Å². The summed E-state index contributed by atoms with van der Waals surface area (Å²) in [7, 11) is 0. The Morgan fingerprint density at radius 3 is 1.10 bits per heavy atom. The molecule has 0 saturated carbocycles. The van der Waals surface area contributed by atoms with Gasteiger partial charge in [-0.15, -0.1) is 0 Å². The first-order chi connectivity index (χ1) is 22.6. The smallest absolute Gasteiger partial charge is 0.287 e. The Morgan fingerprint density at radius 1 is 0.542 bits per heavy atom. The Morgan fingerprint density at radius 2 is 0.833 bits per heavy atom. The number of hydrogen-bond donors (Lipinski definition) is 0. The van der Waals surface area contributed by atoms with E-state index in [0.29, 0.717) is 18.3 Å². The molecule has 2 heterocycles. The number of nitrogens with zero attached hydrogens (tertiary/aromatic N) is 5. The Kier molecular flexibility index (Phi) is 9.77. The molecule has 0 saturated heterocycles. The maximum absolute atomic E-state index is 13.5. The van der Waals surface area contributed by atoms with Crippen LogP contribution in [0.1, 0.15) is 101 Å². The maximum Gasteiger partial charge on any atom is 0.478 e. The minimum Gasteiger partial charge on any atom is -0.287 e. The van der Waals surface area contributed by atoms with Crippen LogP contribution >= 0.6 is 0 Å². The van der Waals surface area contributed by atoms with Crippen LogP contribution in [0.2, 0.25) is 0 Å². The van der Waals surface area contributed by atoms with Gasteiger partial charge in [-0.25, -0.2) is 27.9 Å². The van der Waals surface area contributed by atoms with Crippen LogP contribution < -0.4 is 11.4 Å². The Hall–Kier alpha value is -6.32. The van der Waals surface area contributed by atoms with Gasteiger partial charge in [0.25, 0.3) is 0 Å². The molecule has 0 N–H and O–H groups in total. The summed E-state index contributed by atoms with van der Waals surface area (Å²) in [6.07, 6.45) is 0. The van der Waals surface area contributed by atoms with E-state index in [0.717, 1.165) is 38.8 Å². The molecule has 0 radical (unpaired) electrons. The lowest BCUT2D eigenvalue weighted by molar-refractivity contribution is -0.988. The van der Waals surface area contributed by atoms with Crippen LogP contribution in [0.5, 0.6) is 0 Å². The number of carbonyl (C=O) groups excluding carboxylic acids is 6. The fourth-order valence-electron chi connectivity index (χ4n) is 5.01. The molecule has 4 aromatic rings. The van der Waals surface area contributed by atoms with E-state index >= 15 is 0 Å². The first-order valence-corrected chi connectivity index (χ1v) is 14.3. The van der Waals surface area contributed by atoms with Crippen molar-refractivity contribution >= 4 is 35.2 Å². The summed E-state index contributed by atoms with van der Waals surface area (Å²) in [4.78, 5) is 126. The molecule has 16 heteroatoms. The second kappa shape index (κ2) is 13.6. The fourth-order valence-corrected chi connectivity index (χ4v) is 5.01. The van der Waals surface area contributed by atoms with Crippen LogP contribution in [0.15, 0.2) is 58.1 Å². The van der Waals surface area contributed by atoms with E-state index in [2.05, 4.69) is 0 Å². The summed E-state index contributed by atoms with van der Waals surface area (Å²) in [5.74, 6) is -5.23. The maximum atomic E-state index is 13.5. The molecule has 0 aliphatic carbocycles. The third-order valence-corrected chi connectivity index (χ3v) is 7.23. The zero-order valence-corrected chi connectivity index (χ0v) is 26.8.